The zero-order valence-corrected chi connectivity index (χ0v) is 20.2. The van der Waals surface area contributed by atoms with Crippen LogP contribution >= 0.6 is 0 Å². The Labute approximate surface area is 186 Å². The lowest BCUT2D eigenvalue weighted by atomic mass is 9.95. The number of ether oxygens (including phenoxy) is 1. The molecule has 1 aromatic rings. The van der Waals surface area contributed by atoms with Crippen LogP contribution in [0, 0.1) is 0 Å². The van der Waals surface area contributed by atoms with Crippen LogP contribution in [-0.4, -0.2) is 11.5 Å². The molecular formula is C27H47NO2. The number of rotatable bonds is 17. The summed E-state index contributed by atoms with van der Waals surface area (Å²) in [5, 5.41) is 0. The van der Waals surface area contributed by atoms with E-state index in [1.54, 1.807) is 0 Å². The Morgan fingerprint density at radius 1 is 0.767 bits per heavy atom. The first-order valence-electron chi connectivity index (χ1n) is 12.6. The van der Waals surface area contributed by atoms with Gasteiger partial charge in [-0.15, -0.1) is 0 Å². The summed E-state index contributed by atoms with van der Waals surface area (Å²) in [5.74, 6) is 0.364. The second kappa shape index (κ2) is 15.5. The second-order valence-electron chi connectivity index (χ2n) is 9.22. The molecule has 0 bridgehead atoms. The molecule has 0 aliphatic carbocycles. The van der Waals surface area contributed by atoms with Crippen molar-refractivity contribution in [3.8, 4) is 5.75 Å². The maximum absolute atomic E-state index is 12.8. The molecule has 0 aliphatic rings. The van der Waals surface area contributed by atoms with Gasteiger partial charge in [0.1, 0.15) is 11.3 Å². The van der Waals surface area contributed by atoms with Gasteiger partial charge in [-0.05, 0) is 62.3 Å². The minimum Gasteiger partial charge on any atom is -0.425 e. The zero-order chi connectivity index (χ0) is 22.2. The molecule has 0 aromatic heterocycles. The molecule has 1 atom stereocenters. The van der Waals surface area contributed by atoms with Crippen molar-refractivity contribution in [3.05, 3.63) is 29.3 Å². The van der Waals surface area contributed by atoms with E-state index >= 15 is 0 Å². The van der Waals surface area contributed by atoms with Gasteiger partial charge < -0.3 is 10.5 Å². The highest BCUT2D eigenvalue weighted by atomic mass is 16.5. The van der Waals surface area contributed by atoms with E-state index in [0.29, 0.717) is 12.2 Å². The molecule has 0 radical (unpaired) electrons. The maximum atomic E-state index is 12.8. The lowest BCUT2D eigenvalue weighted by Crippen LogP contribution is -2.47. The Morgan fingerprint density at radius 3 is 1.70 bits per heavy atom. The minimum atomic E-state index is -0.924. The number of hydrogen-bond donors (Lipinski definition) is 1. The summed E-state index contributed by atoms with van der Waals surface area (Å²) >= 11 is 0. The summed E-state index contributed by atoms with van der Waals surface area (Å²) in [4.78, 5) is 12.8. The molecule has 0 saturated carbocycles. The SMILES string of the molecule is CCCCCCc1cc(CCCCCC)cc(OC(=O)C(C)(N)CCCCCC)c1. The topological polar surface area (TPSA) is 52.3 Å². The third-order valence-electron chi connectivity index (χ3n) is 5.89. The van der Waals surface area contributed by atoms with E-state index in [9.17, 15) is 4.79 Å². The molecule has 0 amide bonds. The average Bonchev–Trinajstić information content (AvgIpc) is 2.72. The number of benzene rings is 1. The van der Waals surface area contributed by atoms with Gasteiger partial charge in [0.15, 0.2) is 0 Å². The highest BCUT2D eigenvalue weighted by Gasteiger charge is 2.30. The van der Waals surface area contributed by atoms with Gasteiger partial charge in [-0.25, -0.2) is 4.79 Å². The summed E-state index contributed by atoms with van der Waals surface area (Å²) < 4.78 is 5.81. The largest absolute Gasteiger partial charge is 0.425 e. The number of carbonyl (C=O) groups is 1. The van der Waals surface area contributed by atoms with Gasteiger partial charge in [0.2, 0.25) is 0 Å². The summed E-state index contributed by atoms with van der Waals surface area (Å²) in [6, 6.07) is 6.40. The molecule has 1 rings (SSSR count). The van der Waals surface area contributed by atoms with Crippen LogP contribution in [0.4, 0.5) is 0 Å². The van der Waals surface area contributed by atoms with Gasteiger partial charge >= 0.3 is 5.97 Å². The summed E-state index contributed by atoms with van der Waals surface area (Å²) in [6.07, 6.45) is 17.1. The Morgan fingerprint density at radius 2 is 1.23 bits per heavy atom. The highest BCUT2D eigenvalue weighted by molar-refractivity contribution is 5.82. The van der Waals surface area contributed by atoms with Crippen molar-refractivity contribution in [2.75, 3.05) is 0 Å². The Balaban J connectivity index is 2.78. The molecule has 0 aliphatic heterocycles. The van der Waals surface area contributed by atoms with E-state index < -0.39 is 5.54 Å². The van der Waals surface area contributed by atoms with E-state index in [1.165, 1.54) is 75.3 Å². The van der Waals surface area contributed by atoms with E-state index in [1.807, 2.05) is 19.1 Å². The lowest BCUT2D eigenvalue weighted by Gasteiger charge is -2.22. The molecule has 2 N–H and O–H groups in total. The van der Waals surface area contributed by atoms with Crippen LogP contribution in [-0.2, 0) is 17.6 Å². The van der Waals surface area contributed by atoms with Gasteiger partial charge in [0, 0.05) is 0 Å². The summed E-state index contributed by atoms with van der Waals surface area (Å²) in [6.45, 7) is 8.47. The Kier molecular flexibility index (Phi) is 13.7. The first-order chi connectivity index (χ1) is 14.4. The van der Waals surface area contributed by atoms with Crippen LogP contribution in [0.3, 0.4) is 0 Å². The fraction of sp³-hybridized carbons (Fsp3) is 0.741. The van der Waals surface area contributed by atoms with Crippen molar-refractivity contribution >= 4 is 5.97 Å². The van der Waals surface area contributed by atoms with Gasteiger partial charge in [-0.1, -0.05) is 91.0 Å². The van der Waals surface area contributed by atoms with E-state index in [2.05, 4.69) is 26.8 Å². The molecule has 3 heteroatoms. The van der Waals surface area contributed by atoms with Crippen molar-refractivity contribution in [1.29, 1.82) is 0 Å². The maximum Gasteiger partial charge on any atom is 0.331 e. The first kappa shape index (κ1) is 26.7. The number of aryl methyl sites for hydroxylation is 2. The molecule has 0 saturated heterocycles. The standard InChI is InChI=1S/C27H47NO2/c1-5-8-11-14-17-23-20-24(18-15-12-9-6-2)22-25(21-23)30-26(29)27(4,28)19-16-13-10-7-3/h20-22H,5-19,28H2,1-4H3. The van der Waals surface area contributed by atoms with Gasteiger partial charge in [0.05, 0.1) is 0 Å². The second-order valence-corrected chi connectivity index (χ2v) is 9.22. The number of nitrogens with two attached hydrogens (primary N) is 1. The molecule has 1 aromatic carbocycles. The van der Waals surface area contributed by atoms with Crippen LogP contribution in [0.15, 0.2) is 18.2 Å². The molecule has 0 heterocycles. The summed E-state index contributed by atoms with van der Waals surface area (Å²) in [5.41, 5.74) is 7.96. The predicted octanol–water partition coefficient (Wildman–Crippen LogP) is 7.53. The van der Waals surface area contributed by atoms with Crippen LogP contribution < -0.4 is 10.5 Å². The van der Waals surface area contributed by atoms with Gasteiger partial charge in [-0.3, -0.25) is 0 Å². The van der Waals surface area contributed by atoms with Gasteiger partial charge in [-0.2, -0.15) is 0 Å². The zero-order valence-electron chi connectivity index (χ0n) is 20.2. The molecule has 0 fully saturated rings. The summed E-state index contributed by atoms with van der Waals surface area (Å²) in [7, 11) is 0. The van der Waals surface area contributed by atoms with E-state index in [-0.39, 0.29) is 5.97 Å². The third kappa shape index (κ3) is 11.2. The molecular weight excluding hydrogens is 370 g/mol. The number of esters is 1. The quantitative estimate of drug-likeness (QED) is 0.162. The Hall–Kier alpha value is -1.35. The van der Waals surface area contributed by atoms with Crippen molar-refractivity contribution in [1.82, 2.24) is 0 Å². The highest BCUT2D eigenvalue weighted by Crippen LogP contribution is 2.24. The van der Waals surface area contributed by atoms with E-state index in [0.717, 1.165) is 25.7 Å². The van der Waals surface area contributed by atoms with Crippen LogP contribution in [0.25, 0.3) is 0 Å². The van der Waals surface area contributed by atoms with Crippen LogP contribution in [0.1, 0.15) is 122 Å². The number of carbonyl (C=O) groups excluding carboxylic acids is 1. The Bertz CT molecular complexity index is 564. The third-order valence-corrected chi connectivity index (χ3v) is 5.89. The molecule has 30 heavy (non-hydrogen) atoms. The monoisotopic (exact) mass is 417 g/mol. The van der Waals surface area contributed by atoms with Crippen molar-refractivity contribution < 1.29 is 9.53 Å². The average molecular weight is 418 g/mol. The smallest absolute Gasteiger partial charge is 0.331 e. The number of unbranched alkanes of at least 4 members (excludes halogenated alkanes) is 9. The molecule has 0 spiro atoms. The normalized spacial score (nSPS) is 13.2. The van der Waals surface area contributed by atoms with E-state index in [4.69, 9.17) is 10.5 Å². The van der Waals surface area contributed by atoms with Crippen LogP contribution in [0.2, 0.25) is 0 Å². The minimum absolute atomic E-state index is 0.306. The fourth-order valence-electron chi connectivity index (χ4n) is 3.83. The van der Waals surface area contributed by atoms with Gasteiger partial charge in [0.25, 0.3) is 0 Å². The fourth-order valence-corrected chi connectivity index (χ4v) is 3.83. The van der Waals surface area contributed by atoms with Crippen molar-refractivity contribution in [3.63, 3.8) is 0 Å². The molecule has 3 nitrogen and oxygen atoms in total. The lowest BCUT2D eigenvalue weighted by molar-refractivity contribution is -0.140. The first-order valence-corrected chi connectivity index (χ1v) is 12.6. The molecule has 1 unspecified atom stereocenters. The van der Waals surface area contributed by atoms with Crippen molar-refractivity contribution in [2.45, 2.75) is 130 Å². The van der Waals surface area contributed by atoms with Crippen molar-refractivity contribution in [2.24, 2.45) is 5.73 Å². The predicted molar refractivity (Wildman–Crippen MR) is 129 cm³/mol. The molecule has 172 valence electrons. The number of hydrogen-bond acceptors (Lipinski definition) is 3. The van der Waals surface area contributed by atoms with Crippen LogP contribution in [0.5, 0.6) is 5.75 Å².